The minimum absolute atomic E-state index is 0.0799. The SMILES string of the molecule is O=C(c1cccc(S(=O)(=O)N2CCOCC2)c1)N1CCCCC1. The zero-order valence-electron chi connectivity index (χ0n) is 13.1. The van der Waals surface area contributed by atoms with Crippen molar-refractivity contribution >= 4 is 15.9 Å². The first-order valence-electron chi connectivity index (χ1n) is 8.06. The Morgan fingerprint density at radius 1 is 1.00 bits per heavy atom. The van der Waals surface area contributed by atoms with E-state index in [0.717, 1.165) is 32.4 Å². The number of likely N-dealkylation sites (tertiary alicyclic amines) is 1. The summed E-state index contributed by atoms with van der Waals surface area (Å²) in [5.41, 5.74) is 0.446. The summed E-state index contributed by atoms with van der Waals surface area (Å²) in [5, 5.41) is 0. The average Bonchev–Trinajstić information content (AvgIpc) is 2.62. The molecule has 0 N–H and O–H groups in total. The molecule has 1 amide bonds. The van der Waals surface area contributed by atoms with Crippen LogP contribution in [0.15, 0.2) is 29.2 Å². The van der Waals surface area contributed by atoms with Gasteiger partial charge < -0.3 is 9.64 Å². The van der Waals surface area contributed by atoms with Crippen molar-refractivity contribution in [2.75, 3.05) is 39.4 Å². The number of sulfonamides is 1. The lowest BCUT2D eigenvalue weighted by molar-refractivity contribution is 0.0721. The van der Waals surface area contributed by atoms with E-state index in [-0.39, 0.29) is 10.8 Å². The summed E-state index contributed by atoms with van der Waals surface area (Å²) in [4.78, 5) is 14.5. The van der Waals surface area contributed by atoms with Crippen LogP contribution < -0.4 is 0 Å². The van der Waals surface area contributed by atoms with E-state index in [1.54, 1.807) is 18.2 Å². The highest BCUT2D eigenvalue weighted by Gasteiger charge is 2.27. The van der Waals surface area contributed by atoms with Gasteiger partial charge in [-0.1, -0.05) is 6.07 Å². The van der Waals surface area contributed by atoms with Crippen molar-refractivity contribution in [1.29, 1.82) is 0 Å². The molecule has 1 aromatic carbocycles. The van der Waals surface area contributed by atoms with Crippen LogP contribution in [0, 0.1) is 0 Å². The van der Waals surface area contributed by atoms with E-state index < -0.39 is 10.0 Å². The van der Waals surface area contributed by atoms with E-state index >= 15 is 0 Å². The molecular weight excluding hydrogens is 316 g/mol. The van der Waals surface area contributed by atoms with E-state index in [4.69, 9.17) is 4.74 Å². The first-order chi connectivity index (χ1) is 11.1. The van der Waals surface area contributed by atoms with Gasteiger partial charge in [-0.25, -0.2) is 8.42 Å². The van der Waals surface area contributed by atoms with Gasteiger partial charge in [0.25, 0.3) is 5.91 Å². The van der Waals surface area contributed by atoms with Crippen LogP contribution in [0.4, 0.5) is 0 Å². The lowest BCUT2D eigenvalue weighted by Gasteiger charge is -2.28. The van der Waals surface area contributed by atoms with Crippen LogP contribution in [0.25, 0.3) is 0 Å². The van der Waals surface area contributed by atoms with Crippen LogP contribution in [0.1, 0.15) is 29.6 Å². The average molecular weight is 338 g/mol. The van der Waals surface area contributed by atoms with Gasteiger partial charge in [0, 0.05) is 31.7 Å². The number of benzene rings is 1. The number of ether oxygens (including phenoxy) is 1. The molecule has 6 nitrogen and oxygen atoms in total. The molecule has 0 spiro atoms. The van der Waals surface area contributed by atoms with E-state index in [9.17, 15) is 13.2 Å². The largest absolute Gasteiger partial charge is 0.379 e. The Bertz CT molecular complexity index is 662. The van der Waals surface area contributed by atoms with Crippen molar-refractivity contribution in [1.82, 2.24) is 9.21 Å². The van der Waals surface area contributed by atoms with Crippen molar-refractivity contribution in [3.8, 4) is 0 Å². The zero-order valence-corrected chi connectivity index (χ0v) is 13.9. The number of morpholine rings is 1. The number of rotatable bonds is 3. The van der Waals surface area contributed by atoms with Crippen molar-refractivity contribution in [3.63, 3.8) is 0 Å². The highest BCUT2D eigenvalue weighted by atomic mass is 32.2. The number of carbonyl (C=O) groups is 1. The van der Waals surface area contributed by atoms with E-state index in [1.807, 2.05) is 4.90 Å². The Hall–Kier alpha value is -1.44. The minimum Gasteiger partial charge on any atom is -0.379 e. The van der Waals surface area contributed by atoms with Gasteiger partial charge in [-0.15, -0.1) is 0 Å². The van der Waals surface area contributed by atoms with Gasteiger partial charge in [0.2, 0.25) is 10.0 Å². The number of hydrogen-bond donors (Lipinski definition) is 0. The molecule has 0 aliphatic carbocycles. The van der Waals surface area contributed by atoms with E-state index in [2.05, 4.69) is 0 Å². The minimum atomic E-state index is -3.57. The van der Waals surface area contributed by atoms with Crippen molar-refractivity contribution in [2.24, 2.45) is 0 Å². The number of carbonyl (C=O) groups excluding carboxylic acids is 1. The normalized spacial score (nSPS) is 20.4. The van der Waals surface area contributed by atoms with Gasteiger partial charge in [-0.3, -0.25) is 4.79 Å². The monoisotopic (exact) mass is 338 g/mol. The molecule has 0 radical (unpaired) electrons. The Morgan fingerprint density at radius 2 is 1.70 bits per heavy atom. The van der Waals surface area contributed by atoms with Crippen molar-refractivity contribution in [2.45, 2.75) is 24.2 Å². The maximum atomic E-state index is 12.7. The highest BCUT2D eigenvalue weighted by molar-refractivity contribution is 7.89. The van der Waals surface area contributed by atoms with Crippen LogP contribution in [0.2, 0.25) is 0 Å². The number of amides is 1. The van der Waals surface area contributed by atoms with Crippen molar-refractivity contribution in [3.05, 3.63) is 29.8 Å². The molecule has 2 aliphatic heterocycles. The molecule has 0 atom stereocenters. The molecule has 2 saturated heterocycles. The summed E-state index contributed by atoms with van der Waals surface area (Å²) in [6.07, 6.45) is 3.17. The summed E-state index contributed by atoms with van der Waals surface area (Å²) in [6, 6.07) is 6.39. The Morgan fingerprint density at radius 3 is 2.39 bits per heavy atom. The highest BCUT2D eigenvalue weighted by Crippen LogP contribution is 2.20. The Labute approximate surface area is 137 Å². The van der Waals surface area contributed by atoms with Gasteiger partial charge in [-0.05, 0) is 37.5 Å². The van der Waals surface area contributed by atoms with Gasteiger partial charge in [0.1, 0.15) is 0 Å². The zero-order chi connectivity index (χ0) is 16.3. The molecule has 1 aromatic rings. The molecule has 2 aliphatic rings. The third-order valence-electron chi connectivity index (χ3n) is 4.33. The maximum Gasteiger partial charge on any atom is 0.253 e. The maximum absolute atomic E-state index is 12.7. The van der Waals surface area contributed by atoms with E-state index in [1.165, 1.54) is 10.4 Å². The van der Waals surface area contributed by atoms with E-state index in [0.29, 0.717) is 31.9 Å². The summed E-state index contributed by atoms with van der Waals surface area (Å²) in [7, 11) is -3.57. The number of hydrogen-bond acceptors (Lipinski definition) is 4. The molecule has 3 rings (SSSR count). The van der Waals surface area contributed by atoms with Gasteiger partial charge in [0.15, 0.2) is 0 Å². The lowest BCUT2D eigenvalue weighted by Crippen LogP contribution is -2.40. The molecule has 0 saturated carbocycles. The second-order valence-corrected chi connectivity index (χ2v) is 7.84. The number of nitrogens with zero attached hydrogens (tertiary/aromatic N) is 2. The molecule has 2 heterocycles. The lowest BCUT2D eigenvalue weighted by atomic mass is 10.1. The topological polar surface area (TPSA) is 66.9 Å². The third kappa shape index (κ3) is 3.57. The molecule has 7 heteroatoms. The predicted molar refractivity (Wildman–Crippen MR) is 85.8 cm³/mol. The van der Waals surface area contributed by atoms with Crippen LogP contribution in [-0.4, -0.2) is 62.9 Å². The third-order valence-corrected chi connectivity index (χ3v) is 6.23. The van der Waals surface area contributed by atoms with Gasteiger partial charge in [-0.2, -0.15) is 4.31 Å². The summed E-state index contributed by atoms with van der Waals surface area (Å²) in [6.45, 7) is 3.02. The fourth-order valence-corrected chi connectivity index (χ4v) is 4.46. The molecular formula is C16H22N2O4S. The molecule has 2 fully saturated rings. The summed E-state index contributed by atoms with van der Waals surface area (Å²) in [5.74, 6) is -0.0799. The van der Waals surface area contributed by atoms with Crippen LogP contribution in [0.5, 0.6) is 0 Å². The first kappa shape index (κ1) is 16.4. The smallest absolute Gasteiger partial charge is 0.253 e. The van der Waals surface area contributed by atoms with Gasteiger partial charge in [0.05, 0.1) is 18.1 Å². The molecule has 126 valence electrons. The predicted octanol–water partition coefficient (Wildman–Crippen LogP) is 1.33. The standard InChI is InChI=1S/C16H22N2O4S/c19-16(17-7-2-1-3-8-17)14-5-4-6-15(13-14)23(20,21)18-9-11-22-12-10-18/h4-6,13H,1-3,7-12H2. The fourth-order valence-electron chi connectivity index (χ4n) is 3.01. The Balaban J connectivity index is 1.82. The summed E-state index contributed by atoms with van der Waals surface area (Å²) < 4.78 is 32.0. The summed E-state index contributed by atoms with van der Waals surface area (Å²) >= 11 is 0. The molecule has 0 bridgehead atoms. The first-order valence-corrected chi connectivity index (χ1v) is 9.50. The second-order valence-electron chi connectivity index (χ2n) is 5.90. The fraction of sp³-hybridized carbons (Fsp3) is 0.562. The van der Waals surface area contributed by atoms with Crippen LogP contribution >= 0.6 is 0 Å². The second kappa shape index (κ2) is 6.98. The molecule has 0 aromatic heterocycles. The van der Waals surface area contributed by atoms with Crippen molar-refractivity contribution < 1.29 is 17.9 Å². The van der Waals surface area contributed by atoms with Crippen LogP contribution in [-0.2, 0) is 14.8 Å². The van der Waals surface area contributed by atoms with Gasteiger partial charge >= 0.3 is 0 Å². The molecule has 23 heavy (non-hydrogen) atoms. The van der Waals surface area contributed by atoms with Crippen LogP contribution in [0.3, 0.4) is 0 Å². The number of piperidine rings is 1. The Kier molecular flexibility index (Phi) is 4.99. The molecule has 0 unspecified atom stereocenters. The quantitative estimate of drug-likeness (QED) is 0.834.